The van der Waals surface area contributed by atoms with Crippen LogP contribution in [0.15, 0.2) is 65.4 Å². The van der Waals surface area contributed by atoms with E-state index in [-0.39, 0.29) is 0 Å². The monoisotopic (exact) mass is 211 g/mol. The molecular formula is C15H17N. The van der Waals surface area contributed by atoms with E-state index in [9.17, 15) is 0 Å². The first-order chi connectivity index (χ1) is 7.59. The summed E-state index contributed by atoms with van der Waals surface area (Å²) in [5, 5.41) is 0. The van der Waals surface area contributed by atoms with E-state index in [0.29, 0.717) is 11.8 Å². The van der Waals surface area contributed by atoms with E-state index in [1.165, 1.54) is 5.57 Å². The lowest BCUT2D eigenvalue weighted by Gasteiger charge is -2.18. The molecule has 1 aliphatic carbocycles. The van der Waals surface area contributed by atoms with Gasteiger partial charge < -0.3 is 0 Å². The highest BCUT2D eigenvalue weighted by Crippen LogP contribution is 2.35. The first-order valence-corrected chi connectivity index (χ1v) is 5.56. The summed E-state index contributed by atoms with van der Waals surface area (Å²) in [6.45, 7) is 12.1. The molecule has 0 aromatic carbocycles. The molecule has 1 aliphatic heterocycles. The van der Waals surface area contributed by atoms with E-state index < -0.39 is 0 Å². The molecule has 0 aromatic rings. The molecule has 0 aromatic heterocycles. The molecule has 1 heteroatoms. The van der Waals surface area contributed by atoms with Gasteiger partial charge in [-0.3, -0.25) is 4.99 Å². The van der Waals surface area contributed by atoms with Crippen LogP contribution in [0.5, 0.6) is 0 Å². The van der Waals surface area contributed by atoms with Crippen molar-refractivity contribution in [1.29, 1.82) is 0 Å². The van der Waals surface area contributed by atoms with Gasteiger partial charge in [-0.05, 0) is 31.6 Å². The van der Waals surface area contributed by atoms with Gasteiger partial charge in [-0.1, -0.05) is 37.0 Å². The molecular weight excluding hydrogens is 194 g/mol. The maximum Gasteiger partial charge on any atom is 0.0653 e. The summed E-state index contributed by atoms with van der Waals surface area (Å²) >= 11 is 0. The van der Waals surface area contributed by atoms with Gasteiger partial charge in [-0.2, -0.15) is 0 Å². The maximum absolute atomic E-state index is 4.66. The number of hydrogen-bond donors (Lipinski definition) is 0. The van der Waals surface area contributed by atoms with E-state index in [2.05, 4.69) is 55.5 Å². The minimum Gasteiger partial charge on any atom is -0.253 e. The number of aliphatic imine (C=N–C) groups is 1. The predicted molar refractivity (Wildman–Crippen MR) is 70.4 cm³/mol. The molecule has 0 amide bonds. The minimum absolute atomic E-state index is 0.352. The van der Waals surface area contributed by atoms with Gasteiger partial charge in [0.2, 0.25) is 0 Å². The van der Waals surface area contributed by atoms with Crippen LogP contribution < -0.4 is 0 Å². The van der Waals surface area contributed by atoms with E-state index in [0.717, 1.165) is 17.0 Å². The van der Waals surface area contributed by atoms with Gasteiger partial charge in [-0.15, -0.1) is 0 Å². The second-order valence-corrected chi connectivity index (χ2v) is 4.51. The Kier molecular flexibility index (Phi) is 2.78. The van der Waals surface area contributed by atoms with Crippen LogP contribution >= 0.6 is 0 Å². The average Bonchev–Trinajstić information content (AvgIpc) is 2.57. The summed E-state index contributed by atoms with van der Waals surface area (Å²) in [7, 11) is 0. The van der Waals surface area contributed by atoms with Gasteiger partial charge in [0.15, 0.2) is 0 Å². The van der Waals surface area contributed by atoms with Crippen molar-refractivity contribution in [1.82, 2.24) is 0 Å². The predicted octanol–water partition coefficient (Wildman–Crippen LogP) is 3.84. The lowest BCUT2D eigenvalue weighted by Crippen LogP contribution is -2.10. The number of fused-ring (bicyclic) bond motifs is 1. The van der Waals surface area contributed by atoms with Crippen LogP contribution in [0.3, 0.4) is 0 Å². The van der Waals surface area contributed by atoms with Crippen LogP contribution in [0.4, 0.5) is 0 Å². The van der Waals surface area contributed by atoms with Gasteiger partial charge >= 0.3 is 0 Å². The SMILES string of the molecule is C=C(C)C1=NC2=CC=CC2C(C(=C)C)C=C1. The summed E-state index contributed by atoms with van der Waals surface area (Å²) in [5.41, 5.74) is 4.28. The van der Waals surface area contributed by atoms with Crippen molar-refractivity contribution in [2.24, 2.45) is 16.8 Å². The molecule has 2 unspecified atom stereocenters. The standard InChI is InChI=1S/C15H17N/c1-10(2)12-8-9-14(11(3)4)16-15-7-5-6-13(12)15/h5-9,12-13H,1,3H2,2,4H3. The van der Waals surface area contributed by atoms with Gasteiger partial charge in [0.25, 0.3) is 0 Å². The number of rotatable bonds is 2. The third-order valence-electron chi connectivity index (χ3n) is 3.03. The van der Waals surface area contributed by atoms with Gasteiger partial charge in [-0.25, -0.2) is 0 Å². The van der Waals surface area contributed by atoms with Crippen molar-refractivity contribution >= 4 is 5.71 Å². The highest BCUT2D eigenvalue weighted by molar-refractivity contribution is 6.08. The van der Waals surface area contributed by atoms with Crippen molar-refractivity contribution in [3.05, 3.63) is 60.4 Å². The molecule has 0 fully saturated rings. The van der Waals surface area contributed by atoms with Crippen LogP contribution in [-0.4, -0.2) is 5.71 Å². The van der Waals surface area contributed by atoms with Crippen molar-refractivity contribution in [2.75, 3.05) is 0 Å². The molecule has 1 nitrogen and oxygen atoms in total. The highest BCUT2D eigenvalue weighted by atomic mass is 14.8. The van der Waals surface area contributed by atoms with Gasteiger partial charge in [0.05, 0.1) is 5.71 Å². The molecule has 0 bridgehead atoms. The van der Waals surface area contributed by atoms with E-state index in [1.807, 2.05) is 6.92 Å². The van der Waals surface area contributed by atoms with E-state index >= 15 is 0 Å². The molecule has 0 radical (unpaired) electrons. The summed E-state index contributed by atoms with van der Waals surface area (Å²) in [6.07, 6.45) is 10.6. The Hall–Kier alpha value is -1.63. The fourth-order valence-electron chi connectivity index (χ4n) is 2.10. The van der Waals surface area contributed by atoms with Crippen molar-refractivity contribution in [3.8, 4) is 0 Å². The molecule has 2 atom stereocenters. The number of nitrogens with zero attached hydrogens (tertiary/aromatic N) is 1. The molecule has 0 saturated heterocycles. The van der Waals surface area contributed by atoms with Crippen LogP contribution in [0.2, 0.25) is 0 Å². The Balaban J connectivity index is 2.43. The van der Waals surface area contributed by atoms with Gasteiger partial charge in [0, 0.05) is 17.5 Å². The largest absolute Gasteiger partial charge is 0.253 e. The molecule has 2 aliphatic rings. The second kappa shape index (κ2) is 4.09. The van der Waals surface area contributed by atoms with Crippen LogP contribution in [0.25, 0.3) is 0 Å². The zero-order chi connectivity index (χ0) is 11.7. The Labute approximate surface area is 97.3 Å². The number of hydrogen-bond acceptors (Lipinski definition) is 1. The third-order valence-corrected chi connectivity index (χ3v) is 3.03. The second-order valence-electron chi connectivity index (χ2n) is 4.51. The van der Waals surface area contributed by atoms with Crippen LogP contribution in [0.1, 0.15) is 13.8 Å². The highest BCUT2D eigenvalue weighted by Gasteiger charge is 2.25. The fraction of sp³-hybridized carbons (Fsp3) is 0.267. The van der Waals surface area contributed by atoms with Gasteiger partial charge in [0.1, 0.15) is 0 Å². The van der Waals surface area contributed by atoms with Crippen molar-refractivity contribution < 1.29 is 0 Å². The molecule has 1 heterocycles. The van der Waals surface area contributed by atoms with Crippen molar-refractivity contribution in [2.45, 2.75) is 13.8 Å². The quantitative estimate of drug-likeness (QED) is 0.615. The first-order valence-electron chi connectivity index (χ1n) is 5.56. The van der Waals surface area contributed by atoms with E-state index in [4.69, 9.17) is 0 Å². The topological polar surface area (TPSA) is 12.4 Å². The molecule has 2 rings (SSSR count). The molecule has 16 heavy (non-hydrogen) atoms. The lowest BCUT2D eigenvalue weighted by molar-refractivity contribution is 0.616. The molecule has 0 N–H and O–H groups in total. The number of allylic oxidation sites excluding steroid dienone is 7. The molecule has 0 saturated carbocycles. The lowest BCUT2D eigenvalue weighted by atomic mass is 9.86. The Morgan fingerprint density at radius 3 is 2.62 bits per heavy atom. The minimum atomic E-state index is 0.352. The molecule has 82 valence electrons. The Morgan fingerprint density at radius 1 is 1.25 bits per heavy atom. The van der Waals surface area contributed by atoms with Crippen molar-refractivity contribution in [3.63, 3.8) is 0 Å². The zero-order valence-corrected chi connectivity index (χ0v) is 9.90. The smallest absolute Gasteiger partial charge is 0.0653 e. The summed E-state index contributed by atoms with van der Waals surface area (Å²) in [6, 6.07) is 0. The summed E-state index contributed by atoms with van der Waals surface area (Å²) < 4.78 is 0. The zero-order valence-electron chi connectivity index (χ0n) is 9.90. The fourth-order valence-corrected chi connectivity index (χ4v) is 2.10. The normalized spacial score (nSPS) is 26.9. The summed E-state index contributed by atoms with van der Waals surface area (Å²) in [4.78, 5) is 4.66. The third kappa shape index (κ3) is 1.85. The Morgan fingerprint density at radius 2 is 2.00 bits per heavy atom. The maximum atomic E-state index is 4.66. The summed E-state index contributed by atoms with van der Waals surface area (Å²) in [5.74, 6) is 0.705. The van der Waals surface area contributed by atoms with Crippen LogP contribution in [0, 0.1) is 11.8 Å². The Bertz CT molecular complexity index is 458. The van der Waals surface area contributed by atoms with Crippen LogP contribution in [-0.2, 0) is 0 Å². The first kappa shape index (κ1) is 10.9. The average molecular weight is 211 g/mol. The molecule has 0 spiro atoms. The van der Waals surface area contributed by atoms with E-state index in [1.54, 1.807) is 0 Å².